The summed E-state index contributed by atoms with van der Waals surface area (Å²) in [5.74, 6) is -3.23. The second-order valence-corrected chi connectivity index (χ2v) is 7.90. The molecule has 0 aliphatic carbocycles. The van der Waals surface area contributed by atoms with E-state index >= 15 is 0 Å². The number of hydrogen-bond donors (Lipinski definition) is 1. The fraction of sp³-hybridized carbons (Fsp3) is 0.292. The van der Waals surface area contributed by atoms with Gasteiger partial charge in [-0.3, -0.25) is 19.3 Å². The number of amides is 3. The van der Waals surface area contributed by atoms with Crippen LogP contribution in [0.1, 0.15) is 61.7 Å². The molecule has 1 atom stereocenters. The van der Waals surface area contributed by atoms with E-state index in [4.69, 9.17) is 9.47 Å². The lowest BCUT2D eigenvalue weighted by atomic mass is 10.0. The molecule has 1 N–H and O–H groups in total. The third-order valence-electron chi connectivity index (χ3n) is 5.24. The highest BCUT2D eigenvalue weighted by Gasteiger charge is 2.43. The zero-order chi connectivity index (χ0) is 24.3. The van der Waals surface area contributed by atoms with Crippen LogP contribution in [-0.4, -0.2) is 54.8 Å². The Kier molecular flexibility index (Phi) is 6.91. The molecular formula is C24H24N2O7. The summed E-state index contributed by atoms with van der Waals surface area (Å²) in [6.45, 7) is 3.71. The van der Waals surface area contributed by atoms with Crippen LogP contribution in [0, 0.1) is 5.92 Å². The molecule has 0 radical (unpaired) electrons. The predicted molar refractivity (Wildman–Crippen MR) is 118 cm³/mol. The molecule has 3 rings (SSSR count). The Balaban J connectivity index is 1.99. The number of nitrogens with zero attached hydrogens (tertiary/aromatic N) is 1. The molecular weight excluding hydrogens is 428 g/mol. The van der Waals surface area contributed by atoms with Crippen molar-refractivity contribution in [3.8, 4) is 0 Å². The van der Waals surface area contributed by atoms with Crippen molar-refractivity contribution in [1.29, 1.82) is 0 Å². The fourth-order valence-corrected chi connectivity index (χ4v) is 3.66. The van der Waals surface area contributed by atoms with Gasteiger partial charge in [-0.15, -0.1) is 0 Å². The standard InChI is InChI=1S/C24H24N2O7/c1-13(2)11-19(26-21(28)15-7-5-6-8-16(15)22(26)29)20(27)25-18-12-14(23(30)32-3)9-10-17(18)24(31)33-4/h5-10,12-13,19H,11H2,1-4H3,(H,25,27). The van der Waals surface area contributed by atoms with Crippen LogP contribution < -0.4 is 5.32 Å². The highest BCUT2D eigenvalue weighted by molar-refractivity contribution is 6.23. The molecule has 1 aliphatic rings. The zero-order valence-electron chi connectivity index (χ0n) is 18.7. The van der Waals surface area contributed by atoms with Crippen molar-refractivity contribution >= 4 is 35.3 Å². The Bertz CT molecular complexity index is 1100. The molecule has 1 heterocycles. The number of carbonyl (C=O) groups excluding carboxylic acids is 5. The number of benzene rings is 2. The lowest BCUT2D eigenvalue weighted by Gasteiger charge is -2.27. The maximum absolute atomic E-state index is 13.4. The van der Waals surface area contributed by atoms with Crippen LogP contribution in [0.15, 0.2) is 42.5 Å². The average molecular weight is 452 g/mol. The minimum absolute atomic E-state index is 0.000107. The van der Waals surface area contributed by atoms with Crippen LogP contribution in [0.25, 0.3) is 0 Å². The molecule has 0 bridgehead atoms. The van der Waals surface area contributed by atoms with Crippen LogP contribution in [0.4, 0.5) is 5.69 Å². The van der Waals surface area contributed by atoms with Gasteiger partial charge in [-0.05, 0) is 42.7 Å². The van der Waals surface area contributed by atoms with Crippen LogP contribution in [0.2, 0.25) is 0 Å². The van der Waals surface area contributed by atoms with Gasteiger partial charge in [-0.1, -0.05) is 26.0 Å². The molecule has 3 amide bonds. The van der Waals surface area contributed by atoms with Crippen molar-refractivity contribution in [2.75, 3.05) is 19.5 Å². The Morgan fingerprint density at radius 3 is 2.00 bits per heavy atom. The summed E-state index contributed by atoms with van der Waals surface area (Å²) in [6, 6.07) is 9.20. The number of ether oxygens (including phenoxy) is 2. The van der Waals surface area contributed by atoms with Gasteiger partial charge >= 0.3 is 11.9 Å². The summed E-state index contributed by atoms with van der Waals surface area (Å²) in [5.41, 5.74) is 0.560. The van der Waals surface area contributed by atoms with E-state index in [1.807, 2.05) is 13.8 Å². The van der Waals surface area contributed by atoms with E-state index in [2.05, 4.69) is 5.32 Å². The highest BCUT2D eigenvalue weighted by atomic mass is 16.5. The van der Waals surface area contributed by atoms with Gasteiger partial charge in [0, 0.05) is 0 Å². The van der Waals surface area contributed by atoms with Crippen molar-refractivity contribution in [3.05, 3.63) is 64.7 Å². The summed E-state index contributed by atoms with van der Waals surface area (Å²) in [7, 11) is 2.39. The lowest BCUT2D eigenvalue weighted by molar-refractivity contribution is -0.120. The van der Waals surface area contributed by atoms with Crippen molar-refractivity contribution in [2.24, 2.45) is 5.92 Å². The number of hydrogen-bond acceptors (Lipinski definition) is 7. The van der Waals surface area contributed by atoms with E-state index < -0.39 is 35.7 Å². The molecule has 1 aliphatic heterocycles. The van der Waals surface area contributed by atoms with Gasteiger partial charge < -0.3 is 14.8 Å². The van der Waals surface area contributed by atoms with Crippen molar-refractivity contribution < 1.29 is 33.4 Å². The fourth-order valence-electron chi connectivity index (χ4n) is 3.66. The van der Waals surface area contributed by atoms with Gasteiger partial charge in [-0.25, -0.2) is 9.59 Å². The van der Waals surface area contributed by atoms with Gasteiger partial charge in [0.25, 0.3) is 11.8 Å². The molecule has 33 heavy (non-hydrogen) atoms. The summed E-state index contributed by atoms with van der Waals surface area (Å²) < 4.78 is 9.46. The summed E-state index contributed by atoms with van der Waals surface area (Å²) in [4.78, 5) is 64.4. The predicted octanol–water partition coefficient (Wildman–Crippen LogP) is 2.91. The molecule has 9 heteroatoms. The first-order valence-electron chi connectivity index (χ1n) is 10.3. The van der Waals surface area contributed by atoms with Crippen molar-refractivity contribution in [3.63, 3.8) is 0 Å². The van der Waals surface area contributed by atoms with E-state index in [9.17, 15) is 24.0 Å². The molecule has 172 valence electrons. The number of esters is 2. The van der Waals surface area contributed by atoms with Crippen LogP contribution >= 0.6 is 0 Å². The molecule has 2 aromatic rings. The molecule has 0 aromatic heterocycles. The third kappa shape index (κ3) is 4.62. The van der Waals surface area contributed by atoms with Gasteiger partial charge in [0.05, 0.1) is 42.2 Å². The van der Waals surface area contributed by atoms with Gasteiger partial charge in [0.2, 0.25) is 5.91 Å². The Morgan fingerprint density at radius 2 is 1.48 bits per heavy atom. The lowest BCUT2D eigenvalue weighted by Crippen LogP contribution is -2.48. The first kappa shape index (κ1) is 23.6. The van der Waals surface area contributed by atoms with Crippen LogP contribution in [0.3, 0.4) is 0 Å². The molecule has 0 fully saturated rings. The molecule has 0 saturated carbocycles. The van der Waals surface area contributed by atoms with E-state index in [0.717, 1.165) is 4.90 Å². The van der Waals surface area contributed by atoms with Crippen molar-refractivity contribution in [1.82, 2.24) is 4.90 Å². The number of nitrogens with one attached hydrogen (secondary N) is 1. The maximum Gasteiger partial charge on any atom is 0.339 e. The third-order valence-corrected chi connectivity index (χ3v) is 5.24. The van der Waals surface area contributed by atoms with Crippen LogP contribution in [0.5, 0.6) is 0 Å². The molecule has 1 unspecified atom stereocenters. The average Bonchev–Trinajstić information content (AvgIpc) is 3.06. The summed E-state index contributed by atoms with van der Waals surface area (Å²) >= 11 is 0. The quantitative estimate of drug-likeness (QED) is 0.507. The van der Waals surface area contributed by atoms with E-state index in [-0.39, 0.29) is 40.3 Å². The molecule has 2 aromatic carbocycles. The Morgan fingerprint density at radius 1 is 0.909 bits per heavy atom. The van der Waals surface area contributed by atoms with Gasteiger partial charge in [-0.2, -0.15) is 0 Å². The minimum Gasteiger partial charge on any atom is -0.465 e. The number of imide groups is 1. The molecule has 0 saturated heterocycles. The monoisotopic (exact) mass is 452 g/mol. The SMILES string of the molecule is COC(=O)c1ccc(C(=O)OC)c(NC(=O)C(CC(C)C)N2C(=O)c3ccccc3C2=O)c1. The first-order valence-corrected chi connectivity index (χ1v) is 10.3. The number of rotatable bonds is 7. The Hall–Kier alpha value is -4.01. The molecule has 9 nitrogen and oxygen atoms in total. The number of carbonyl (C=O) groups is 5. The number of anilines is 1. The van der Waals surface area contributed by atoms with E-state index in [0.29, 0.717) is 0 Å². The number of methoxy groups -OCH3 is 2. The first-order chi connectivity index (χ1) is 15.7. The van der Waals surface area contributed by atoms with E-state index in [1.54, 1.807) is 12.1 Å². The topological polar surface area (TPSA) is 119 Å². The maximum atomic E-state index is 13.4. The number of fused-ring (bicyclic) bond motifs is 1. The largest absolute Gasteiger partial charge is 0.465 e. The van der Waals surface area contributed by atoms with Gasteiger partial charge in [0.15, 0.2) is 0 Å². The van der Waals surface area contributed by atoms with Crippen molar-refractivity contribution in [2.45, 2.75) is 26.3 Å². The zero-order valence-corrected chi connectivity index (χ0v) is 18.7. The Labute approximate surface area is 190 Å². The van der Waals surface area contributed by atoms with E-state index in [1.165, 1.54) is 44.6 Å². The highest BCUT2D eigenvalue weighted by Crippen LogP contribution is 2.28. The molecule has 0 spiro atoms. The second kappa shape index (κ2) is 9.64. The minimum atomic E-state index is -1.13. The van der Waals surface area contributed by atoms with Crippen LogP contribution in [-0.2, 0) is 14.3 Å². The van der Waals surface area contributed by atoms with Gasteiger partial charge in [0.1, 0.15) is 6.04 Å². The smallest absolute Gasteiger partial charge is 0.339 e. The second-order valence-electron chi connectivity index (χ2n) is 7.90. The summed E-state index contributed by atoms with van der Waals surface area (Å²) in [5, 5.41) is 2.60. The normalized spacial score (nSPS) is 13.5. The summed E-state index contributed by atoms with van der Waals surface area (Å²) in [6.07, 6.45) is 0.196.